The van der Waals surface area contributed by atoms with E-state index in [0.717, 1.165) is 81.3 Å². The summed E-state index contributed by atoms with van der Waals surface area (Å²) in [5.74, 6) is 4.93. The Bertz CT molecular complexity index is 1870. The molecule has 2 aliphatic heterocycles. The number of hydrogen-bond donors (Lipinski definition) is 0. The van der Waals surface area contributed by atoms with E-state index in [1.54, 1.807) is 0 Å². The number of rotatable bonds is 21. The van der Waals surface area contributed by atoms with E-state index in [1.165, 1.54) is 126 Å². The van der Waals surface area contributed by atoms with Crippen molar-refractivity contribution in [3.8, 4) is 11.5 Å². The van der Waals surface area contributed by atoms with Crippen molar-refractivity contribution in [2.45, 2.75) is 276 Å². The zero-order valence-corrected chi connectivity index (χ0v) is 46.4. The van der Waals surface area contributed by atoms with Gasteiger partial charge in [0.2, 0.25) is 0 Å². The molecule has 2 heterocycles. The van der Waals surface area contributed by atoms with E-state index in [0.29, 0.717) is 0 Å². The van der Waals surface area contributed by atoms with Crippen LogP contribution in [-0.2, 0) is 23.7 Å². The van der Waals surface area contributed by atoms with Gasteiger partial charge in [-0.15, -0.1) is 0 Å². The van der Waals surface area contributed by atoms with Crippen molar-refractivity contribution in [2.75, 3.05) is 0 Å². The van der Waals surface area contributed by atoms with Crippen molar-refractivity contribution < 1.29 is 9.47 Å². The zero-order valence-electron chi connectivity index (χ0n) is 46.4. The van der Waals surface area contributed by atoms with Crippen molar-refractivity contribution in [3.63, 3.8) is 0 Å². The molecule has 2 aliphatic rings. The average Bonchev–Trinajstić information content (AvgIpc) is 3.19. The second-order valence-electron chi connectivity index (χ2n) is 24.9. The van der Waals surface area contributed by atoms with Gasteiger partial charge in [-0.1, -0.05) is 167 Å². The van der Waals surface area contributed by atoms with E-state index in [4.69, 9.17) is 9.47 Å². The number of hydrogen-bond acceptors (Lipinski definition) is 2. The fourth-order valence-corrected chi connectivity index (χ4v) is 10.2. The lowest BCUT2D eigenvalue weighted by Crippen LogP contribution is -2.37. The molecule has 0 bridgehead atoms. The summed E-state index contributed by atoms with van der Waals surface area (Å²) in [6.07, 6.45) is 30.8. The molecule has 0 saturated heterocycles. The first-order chi connectivity index (χ1) is 30.2. The molecule has 0 N–H and O–H groups in total. The van der Waals surface area contributed by atoms with Gasteiger partial charge in [0.15, 0.2) is 0 Å². The highest BCUT2D eigenvalue weighted by Crippen LogP contribution is 2.43. The van der Waals surface area contributed by atoms with Crippen LogP contribution in [0.3, 0.4) is 0 Å². The summed E-state index contributed by atoms with van der Waals surface area (Å²) < 4.78 is 13.4. The van der Waals surface area contributed by atoms with Gasteiger partial charge >= 0.3 is 0 Å². The van der Waals surface area contributed by atoms with Crippen molar-refractivity contribution >= 4 is 0 Å². The fraction of sp³-hybridized carbons (Fsp3) is 0.714. The van der Waals surface area contributed by atoms with Crippen LogP contribution in [0.4, 0.5) is 0 Å². The predicted molar refractivity (Wildman–Crippen MR) is 289 cm³/mol. The van der Waals surface area contributed by atoms with Gasteiger partial charge in [-0.05, 0) is 207 Å². The lowest BCUT2D eigenvalue weighted by atomic mass is 9.79. The van der Waals surface area contributed by atoms with Gasteiger partial charge in [0.25, 0.3) is 0 Å². The van der Waals surface area contributed by atoms with Crippen LogP contribution in [0, 0.1) is 38.5 Å². The minimum absolute atomic E-state index is 0.00561. The Kier molecular flexibility index (Phi) is 22.3. The van der Waals surface area contributed by atoms with Crippen LogP contribution in [0.2, 0.25) is 0 Å². The van der Waals surface area contributed by atoms with Crippen molar-refractivity contribution in [1.82, 2.24) is 0 Å². The van der Waals surface area contributed by atoms with Gasteiger partial charge in [0.05, 0.1) is 0 Å². The number of ether oxygens (including phenoxy) is 2. The first-order valence-corrected chi connectivity index (χ1v) is 26.8. The predicted octanol–water partition coefficient (Wildman–Crippen LogP) is 19.7. The van der Waals surface area contributed by atoms with Gasteiger partial charge in [-0.25, -0.2) is 0 Å². The molecule has 2 aromatic rings. The molecule has 0 spiro atoms. The molecule has 2 nitrogen and oxygen atoms in total. The van der Waals surface area contributed by atoms with Gasteiger partial charge in [0.1, 0.15) is 22.7 Å². The highest BCUT2D eigenvalue weighted by molar-refractivity contribution is 5.53. The van der Waals surface area contributed by atoms with Crippen LogP contribution < -0.4 is 9.47 Å². The molecule has 0 amide bonds. The van der Waals surface area contributed by atoms with Gasteiger partial charge in [0, 0.05) is 0 Å². The van der Waals surface area contributed by atoms with E-state index < -0.39 is 0 Å². The van der Waals surface area contributed by atoms with Crippen molar-refractivity contribution in [1.29, 1.82) is 0 Å². The Morgan fingerprint density at radius 3 is 1.62 bits per heavy atom. The van der Waals surface area contributed by atoms with E-state index in [9.17, 15) is 0 Å². The second-order valence-corrected chi connectivity index (χ2v) is 24.9. The average molecular weight is 894 g/mol. The standard InChI is InChI=1S/C32H50O.C31H54O/c1-23(2)14-11-15-24(3)16-12-17-25(4)18-13-20-32(10)21-19-28-22-29(31(7,8)9)26(5)27(6)30(28)33-32;1-23(2)13-10-14-24(3)15-11-16-25(4)17-12-19-31(9)20-18-27-22-28(30(6,7)8)21-26(5)29(27)32-31/h14,16,18,22H,11-13,15,17,19-21H2,1-10H3;21-25H,10-20H2,1-9H3/b24-16+,25-18+;. The van der Waals surface area contributed by atoms with E-state index in [2.05, 4.69) is 168 Å². The molecule has 0 saturated carbocycles. The minimum atomic E-state index is -0.0638. The molecule has 2 aromatic carbocycles. The van der Waals surface area contributed by atoms with Crippen LogP contribution in [0.5, 0.6) is 11.5 Å². The van der Waals surface area contributed by atoms with Gasteiger partial charge in [-0.3, -0.25) is 0 Å². The number of benzene rings is 2. The molecule has 4 rings (SSSR count). The summed E-state index contributed by atoms with van der Waals surface area (Å²) >= 11 is 0. The summed E-state index contributed by atoms with van der Waals surface area (Å²) in [5, 5.41) is 0. The van der Waals surface area contributed by atoms with Crippen LogP contribution in [0.15, 0.2) is 53.1 Å². The maximum Gasteiger partial charge on any atom is 0.126 e. The second kappa shape index (κ2) is 25.6. The zero-order chi connectivity index (χ0) is 48.8. The third kappa shape index (κ3) is 19.4. The quantitative estimate of drug-likeness (QED) is 0.116. The molecule has 2 heteroatoms. The molecule has 368 valence electrons. The normalized spacial score (nSPS) is 19.9. The fourth-order valence-electron chi connectivity index (χ4n) is 10.2. The number of allylic oxidation sites excluding steroid dienone is 6. The summed E-state index contributed by atoms with van der Waals surface area (Å²) in [6, 6.07) is 7.15. The highest BCUT2D eigenvalue weighted by atomic mass is 16.5. The van der Waals surface area contributed by atoms with Crippen molar-refractivity contribution in [2.24, 2.45) is 17.8 Å². The van der Waals surface area contributed by atoms with Gasteiger partial charge < -0.3 is 9.47 Å². The Labute approximate surface area is 404 Å². The van der Waals surface area contributed by atoms with E-state index in [-0.39, 0.29) is 22.0 Å². The summed E-state index contributed by atoms with van der Waals surface area (Å²) in [5.41, 5.74) is 14.5. The van der Waals surface area contributed by atoms with E-state index in [1.807, 2.05) is 0 Å². The number of aryl methyl sites for hydroxylation is 3. The number of fused-ring (bicyclic) bond motifs is 2. The first-order valence-electron chi connectivity index (χ1n) is 26.8. The van der Waals surface area contributed by atoms with Crippen LogP contribution in [-0.4, -0.2) is 11.2 Å². The molecular weight excluding hydrogens is 789 g/mol. The van der Waals surface area contributed by atoms with Crippen LogP contribution >= 0.6 is 0 Å². The topological polar surface area (TPSA) is 18.5 Å². The summed E-state index contributed by atoms with van der Waals surface area (Å²) in [6.45, 7) is 43.7. The maximum absolute atomic E-state index is 6.70. The molecule has 0 aromatic heterocycles. The highest BCUT2D eigenvalue weighted by Gasteiger charge is 2.35. The van der Waals surface area contributed by atoms with Crippen LogP contribution in [0.1, 0.15) is 259 Å². The Balaban J connectivity index is 0.000000345. The van der Waals surface area contributed by atoms with Gasteiger partial charge in [-0.2, -0.15) is 0 Å². The van der Waals surface area contributed by atoms with Crippen molar-refractivity contribution in [3.05, 3.63) is 92.1 Å². The lowest BCUT2D eigenvalue weighted by molar-refractivity contribution is 0.0515. The molecule has 4 unspecified atom stereocenters. The molecule has 65 heavy (non-hydrogen) atoms. The smallest absolute Gasteiger partial charge is 0.126 e. The Hall–Kier alpha value is -2.74. The summed E-state index contributed by atoms with van der Waals surface area (Å²) in [4.78, 5) is 0. The molecule has 0 aliphatic carbocycles. The molecule has 4 atom stereocenters. The van der Waals surface area contributed by atoms with Crippen LogP contribution in [0.25, 0.3) is 0 Å². The third-order valence-electron chi connectivity index (χ3n) is 15.0. The maximum atomic E-state index is 6.70. The monoisotopic (exact) mass is 893 g/mol. The Morgan fingerprint density at radius 1 is 0.585 bits per heavy atom. The third-order valence-corrected chi connectivity index (χ3v) is 15.0. The Morgan fingerprint density at radius 2 is 1.08 bits per heavy atom. The largest absolute Gasteiger partial charge is 0.487 e. The molecular formula is C63H104O2. The first kappa shape index (κ1) is 56.6. The molecule has 0 radical (unpaired) electrons. The van der Waals surface area contributed by atoms with E-state index >= 15 is 0 Å². The SMILES string of the molecule is CC(C)=CCC/C(C)=C/CC/C(C)=C/CCC1(C)CCc2cc(C(C)(C)C)c(C)c(C)c2O1.Cc1cc(C(C)(C)C)cc2c1OC(C)(CCCC(C)CCCC(C)CCCC(C)C)CC2. The molecule has 0 fully saturated rings. The minimum Gasteiger partial charge on any atom is -0.487 e. The summed E-state index contributed by atoms with van der Waals surface area (Å²) in [7, 11) is 0. The lowest BCUT2D eigenvalue weighted by Gasteiger charge is -2.38.